The van der Waals surface area contributed by atoms with Crippen LogP contribution < -0.4 is 15.4 Å². The first-order valence-corrected chi connectivity index (χ1v) is 19.5. The molecule has 0 aromatic heterocycles. The van der Waals surface area contributed by atoms with Gasteiger partial charge in [-0.25, -0.2) is 17.6 Å². The molecule has 13 nitrogen and oxygen atoms in total. The van der Waals surface area contributed by atoms with Crippen molar-refractivity contribution in [2.24, 2.45) is 11.3 Å². The summed E-state index contributed by atoms with van der Waals surface area (Å²) < 4.78 is 47.9. The van der Waals surface area contributed by atoms with Gasteiger partial charge in [0.15, 0.2) is 0 Å². The molecule has 3 fully saturated rings. The van der Waals surface area contributed by atoms with Gasteiger partial charge in [0, 0.05) is 30.9 Å². The van der Waals surface area contributed by atoms with Crippen molar-refractivity contribution in [2.45, 2.75) is 127 Å². The molecule has 6 rings (SSSR count). The Morgan fingerprint density at radius 3 is 2.55 bits per heavy atom. The molecule has 2 aliphatic carbocycles. The smallest absolute Gasteiger partial charge is 0.410 e. The van der Waals surface area contributed by atoms with Crippen molar-refractivity contribution in [3.63, 3.8) is 0 Å². The Hall–Kier alpha value is -4.01. The highest BCUT2D eigenvalue weighted by Crippen LogP contribution is 2.46. The summed E-state index contributed by atoms with van der Waals surface area (Å²) in [6, 6.07) is 2.49. The van der Waals surface area contributed by atoms with E-state index in [2.05, 4.69) is 15.4 Å². The van der Waals surface area contributed by atoms with Crippen LogP contribution in [0.5, 0.6) is 0 Å². The first-order chi connectivity index (χ1) is 24.1. The molecule has 1 saturated heterocycles. The van der Waals surface area contributed by atoms with Crippen molar-refractivity contribution in [1.82, 2.24) is 25.2 Å². The molecule has 3 heterocycles. The van der Waals surface area contributed by atoms with Crippen LogP contribution in [0.15, 0.2) is 30.4 Å². The van der Waals surface area contributed by atoms with E-state index in [1.54, 1.807) is 12.1 Å². The van der Waals surface area contributed by atoms with Gasteiger partial charge in [-0.2, -0.15) is 0 Å². The average Bonchev–Trinajstić information content (AvgIpc) is 3.93. The highest BCUT2D eigenvalue weighted by molar-refractivity contribution is 7.91. The van der Waals surface area contributed by atoms with Gasteiger partial charge >= 0.3 is 6.09 Å². The standard InChI is InChI=1S/C36H48FN5O8S/c1-35(2,3)18-30(43)38-28-13-8-6-4-5-7-11-23-17-36(23,33(46)40-51(48,49)25-14-15-25)39-31(44)29-16-24(20-42(29)32(28)45)50-34(47)41-19-22-10-9-12-27(37)26(22)21-41/h7,9-12,23-25,28-29H,4-6,8,13-21H2,1-3H3,(H,38,43)(H,39,44)(H,40,46)/t23-,24-,28+,29?,36-/m1/s1. The lowest BCUT2D eigenvalue weighted by Gasteiger charge is -2.30. The summed E-state index contributed by atoms with van der Waals surface area (Å²) >= 11 is 0. The van der Waals surface area contributed by atoms with Crippen molar-refractivity contribution < 1.29 is 41.5 Å². The maximum atomic E-state index is 14.4. The summed E-state index contributed by atoms with van der Waals surface area (Å²) in [6.07, 6.45) is 6.47. The van der Waals surface area contributed by atoms with Gasteiger partial charge < -0.3 is 20.3 Å². The molecule has 1 aromatic rings. The fourth-order valence-electron chi connectivity index (χ4n) is 7.30. The second-order valence-electron chi connectivity index (χ2n) is 15.9. The van der Waals surface area contributed by atoms with Crippen LogP contribution in [0.2, 0.25) is 0 Å². The molecule has 5 amide bonds. The quantitative estimate of drug-likeness (QED) is 0.375. The molecule has 5 atom stereocenters. The molecule has 3 aliphatic heterocycles. The van der Waals surface area contributed by atoms with E-state index >= 15 is 0 Å². The minimum absolute atomic E-state index is 0.0122. The molecular weight excluding hydrogens is 681 g/mol. The van der Waals surface area contributed by atoms with E-state index in [1.807, 2.05) is 32.9 Å². The van der Waals surface area contributed by atoms with Crippen molar-refractivity contribution in [1.29, 1.82) is 0 Å². The molecule has 1 aromatic carbocycles. The van der Waals surface area contributed by atoms with Gasteiger partial charge in [-0.15, -0.1) is 0 Å². The van der Waals surface area contributed by atoms with E-state index in [0.717, 1.165) is 12.8 Å². The maximum absolute atomic E-state index is 14.4. The van der Waals surface area contributed by atoms with Crippen molar-refractivity contribution in [3.8, 4) is 0 Å². The van der Waals surface area contributed by atoms with Crippen LogP contribution >= 0.6 is 0 Å². The van der Waals surface area contributed by atoms with Crippen LogP contribution in [-0.2, 0) is 47.0 Å². The normalized spacial score (nSPS) is 28.4. The van der Waals surface area contributed by atoms with E-state index in [9.17, 15) is 36.8 Å². The Morgan fingerprint density at radius 1 is 1.08 bits per heavy atom. The van der Waals surface area contributed by atoms with Gasteiger partial charge in [0.05, 0.1) is 18.3 Å². The first kappa shape index (κ1) is 36.8. The monoisotopic (exact) mass is 729 g/mol. The van der Waals surface area contributed by atoms with E-state index in [1.165, 1.54) is 15.9 Å². The third-order valence-electron chi connectivity index (χ3n) is 10.3. The number of ether oxygens (including phenoxy) is 1. The Kier molecular flexibility index (Phi) is 10.2. The van der Waals surface area contributed by atoms with E-state index in [0.29, 0.717) is 43.2 Å². The number of halogens is 1. The van der Waals surface area contributed by atoms with Crippen molar-refractivity contribution in [3.05, 3.63) is 47.3 Å². The minimum Gasteiger partial charge on any atom is -0.444 e. The molecule has 3 N–H and O–H groups in total. The fourth-order valence-corrected chi connectivity index (χ4v) is 8.67. The highest BCUT2D eigenvalue weighted by Gasteiger charge is 2.62. The Bertz CT molecular complexity index is 1720. The number of hydrogen-bond acceptors (Lipinski definition) is 8. The Balaban J connectivity index is 1.25. The number of allylic oxidation sites excluding steroid dienone is 1. The lowest BCUT2D eigenvalue weighted by Crippen LogP contribution is -2.58. The molecule has 51 heavy (non-hydrogen) atoms. The Labute approximate surface area is 298 Å². The molecule has 5 aliphatic rings. The zero-order valence-corrected chi connectivity index (χ0v) is 30.2. The number of fused-ring (bicyclic) bond motifs is 3. The number of benzene rings is 1. The van der Waals surface area contributed by atoms with Crippen LogP contribution in [0.1, 0.15) is 96.1 Å². The minimum atomic E-state index is -3.91. The molecule has 1 unspecified atom stereocenters. The maximum Gasteiger partial charge on any atom is 0.410 e. The lowest BCUT2D eigenvalue weighted by molar-refractivity contribution is -0.142. The molecule has 0 radical (unpaired) electrons. The van der Waals surface area contributed by atoms with Crippen LogP contribution in [0.4, 0.5) is 9.18 Å². The third-order valence-corrected chi connectivity index (χ3v) is 12.1. The van der Waals surface area contributed by atoms with Crippen molar-refractivity contribution >= 4 is 39.7 Å². The molecule has 2 saturated carbocycles. The SMILES string of the molecule is CC(C)(C)CC(=O)N[C@H]1CCCCCC=C[C@@H]2C[C@@]2(C(=O)NS(=O)(=O)C2CC2)NC(=O)C2C[C@@H](OC(=O)N3Cc4cccc(F)c4C3)CN2C1=O. The van der Waals surface area contributed by atoms with Gasteiger partial charge in [0.2, 0.25) is 27.7 Å². The summed E-state index contributed by atoms with van der Waals surface area (Å²) in [5.41, 5.74) is -0.813. The highest BCUT2D eigenvalue weighted by atomic mass is 32.2. The Morgan fingerprint density at radius 2 is 1.84 bits per heavy atom. The fraction of sp³-hybridized carbons (Fsp3) is 0.639. The number of nitrogens with one attached hydrogen (secondary N) is 3. The number of sulfonamides is 1. The first-order valence-electron chi connectivity index (χ1n) is 17.9. The van der Waals surface area contributed by atoms with Gasteiger partial charge in [-0.3, -0.25) is 28.8 Å². The zero-order valence-electron chi connectivity index (χ0n) is 29.4. The number of carbonyl (C=O) groups excluding carboxylic acids is 5. The third kappa shape index (κ3) is 8.39. The van der Waals surface area contributed by atoms with Crippen molar-refractivity contribution in [2.75, 3.05) is 6.54 Å². The second-order valence-corrected chi connectivity index (χ2v) is 17.8. The van der Waals surface area contributed by atoms with Crippen LogP contribution in [0.25, 0.3) is 0 Å². The number of carbonyl (C=O) groups is 5. The van der Waals surface area contributed by atoms with Crippen LogP contribution in [0.3, 0.4) is 0 Å². The predicted molar refractivity (Wildman–Crippen MR) is 183 cm³/mol. The van der Waals surface area contributed by atoms with Gasteiger partial charge in [-0.1, -0.05) is 57.9 Å². The lowest BCUT2D eigenvalue weighted by atomic mass is 9.91. The summed E-state index contributed by atoms with van der Waals surface area (Å²) in [6.45, 7) is 5.75. The zero-order chi connectivity index (χ0) is 36.7. The number of hydrogen-bond donors (Lipinski definition) is 3. The number of nitrogens with zero attached hydrogens (tertiary/aromatic N) is 2. The molecule has 278 valence electrons. The van der Waals surface area contributed by atoms with Crippen LogP contribution in [-0.4, -0.2) is 83.5 Å². The summed E-state index contributed by atoms with van der Waals surface area (Å²) in [5.74, 6) is -3.22. The topological polar surface area (TPSA) is 171 Å². The predicted octanol–water partition coefficient (Wildman–Crippen LogP) is 3.17. The van der Waals surface area contributed by atoms with Gasteiger partial charge in [0.25, 0.3) is 5.91 Å². The van der Waals surface area contributed by atoms with E-state index < -0.39 is 74.5 Å². The van der Waals surface area contributed by atoms with Crippen LogP contribution in [0, 0.1) is 17.2 Å². The summed E-state index contributed by atoms with van der Waals surface area (Å²) in [5, 5.41) is 5.05. The summed E-state index contributed by atoms with van der Waals surface area (Å²) in [7, 11) is -3.91. The molecule has 0 spiro atoms. The van der Waals surface area contributed by atoms with E-state index in [4.69, 9.17) is 4.74 Å². The molecular formula is C36H48FN5O8S. The molecule has 0 bridgehead atoms. The largest absolute Gasteiger partial charge is 0.444 e. The molecule has 15 heteroatoms. The van der Waals surface area contributed by atoms with Gasteiger partial charge in [0.1, 0.15) is 29.5 Å². The summed E-state index contributed by atoms with van der Waals surface area (Å²) in [4.78, 5) is 71.2. The van der Waals surface area contributed by atoms with Gasteiger partial charge in [-0.05, 0) is 55.6 Å². The average molecular weight is 730 g/mol. The number of rotatable bonds is 6. The van der Waals surface area contributed by atoms with E-state index in [-0.39, 0.29) is 50.2 Å². The second kappa shape index (κ2) is 14.2. The number of amides is 5.